The quantitative estimate of drug-likeness (QED) is 0.123. The van der Waals surface area contributed by atoms with Gasteiger partial charge in [-0.25, -0.2) is 4.79 Å². The smallest absolute Gasteiger partial charge is 0.460 e. The molecule has 0 aromatic heterocycles. The van der Waals surface area contributed by atoms with Crippen LogP contribution in [-0.4, -0.2) is 47.6 Å². The van der Waals surface area contributed by atoms with Gasteiger partial charge in [-0.2, -0.15) is 30.7 Å². The molecule has 2 heterocycles. The Morgan fingerprint density at radius 3 is 2.07 bits per heavy atom. The van der Waals surface area contributed by atoms with Gasteiger partial charge in [0, 0.05) is 17.8 Å². The van der Waals surface area contributed by atoms with Crippen molar-refractivity contribution in [2.45, 2.75) is 36.6 Å². The van der Waals surface area contributed by atoms with Crippen molar-refractivity contribution in [3.63, 3.8) is 0 Å². The molecule has 3 aromatic rings. The van der Waals surface area contributed by atoms with Gasteiger partial charge in [0.05, 0.1) is 18.6 Å². The molecule has 0 saturated carbocycles. The normalized spacial score (nSPS) is 20.8. The molecular formula is C29H22F7N3O5. The van der Waals surface area contributed by atoms with Crippen molar-refractivity contribution < 1.29 is 50.0 Å². The Bertz CT molecular complexity index is 1610. The summed E-state index contributed by atoms with van der Waals surface area (Å²) in [6.07, 6.45) is -8.11. The number of benzene rings is 3. The number of allylic oxidation sites excluding steroid dienone is 1. The molecule has 5 rings (SSSR count). The third-order valence-corrected chi connectivity index (χ3v) is 7.57. The maximum atomic E-state index is 15.5. The monoisotopic (exact) mass is 625 g/mol. The first-order chi connectivity index (χ1) is 20.6. The Kier molecular flexibility index (Phi) is 7.35. The predicted molar refractivity (Wildman–Crippen MR) is 140 cm³/mol. The van der Waals surface area contributed by atoms with Crippen LogP contribution in [0.2, 0.25) is 0 Å². The predicted octanol–water partition coefficient (Wildman–Crippen LogP) is 6.82. The summed E-state index contributed by atoms with van der Waals surface area (Å²) in [4.78, 5) is 30.8. The summed E-state index contributed by atoms with van der Waals surface area (Å²) in [7, 11) is 0.759. The highest BCUT2D eigenvalue weighted by Gasteiger charge is 2.79. The van der Waals surface area contributed by atoms with Crippen molar-refractivity contribution in [3.8, 4) is 0 Å². The molecule has 0 bridgehead atoms. The number of fused-ring (bicyclic) bond motifs is 1. The Balaban J connectivity index is 1.83. The molecule has 15 heteroatoms. The number of carbonyl (C=O) groups is 1. The second-order valence-corrected chi connectivity index (χ2v) is 10.2. The SMILES string of the molecule is COC(=O)C1=C(C(F)(F)C(F)(F)C(F)(F)F)ON2[C@@H](c3ccc([N+](=O)[O-])cc3)N(c3ccc(C)cc3)C[C@]12c1ccccc1. The number of methoxy groups -OCH3 is 1. The van der Waals surface area contributed by atoms with E-state index in [4.69, 9.17) is 9.57 Å². The second kappa shape index (κ2) is 10.5. The fraction of sp³-hybridized carbons (Fsp3) is 0.276. The van der Waals surface area contributed by atoms with Crippen molar-refractivity contribution in [2.75, 3.05) is 18.6 Å². The lowest BCUT2D eigenvalue weighted by Gasteiger charge is -2.34. The van der Waals surface area contributed by atoms with Gasteiger partial charge in [0.25, 0.3) is 5.69 Å². The zero-order chi connectivity index (χ0) is 32.2. The molecule has 2 atom stereocenters. The highest BCUT2D eigenvalue weighted by atomic mass is 19.4. The van der Waals surface area contributed by atoms with E-state index in [9.17, 15) is 36.9 Å². The summed E-state index contributed by atoms with van der Waals surface area (Å²) in [5, 5.41) is 12.0. The zero-order valence-electron chi connectivity index (χ0n) is 22.8. The minimum atomic E-state index is -6.73. The number of nitrogens with zero attached hydrogens (tertiary/aromatic N) is 3. The van der Waals surface area contributed by atoms with Crippen LogP contribution in [0.4, 0.5) is 42.1 Å². The topological polar surface area (TPSA) is 85.1 Å². The minimum absolute atomic E-state index is 0.0306. The molecule has 2 aliphatic rings. The number of non-ortho nitro benzene ring substituents is 1. The Labute approximate surface area is 245 Å². The van der Waals surface area contributed by atoms with Crippen molar-refractivity contribution >= 4 is 17.3 Å². The van der Waals surface area contributed by atoms with Gasteiger partial charge in [-0.1, -0.05) is 53.1 Å². The van der Waals surface area contributed by atoms with E-state index < -0.39 is 58.5 Å². The number of aryl methyl sites for hydroxylation is 1. The lowest BCUT2D eigenvalue weighted by atomic mass is 9.81. The van der Waals surface area contributed by atoms with E-state index >= 15 is 8.78 Å². The molecule has 232 valence electrons. The van der Waals surface area contributed by atoms with Crippen molar-refractivity contribution in [3.05, 3.63) is 117 Å². The molecule has 1 fully saturated rings. The van der Waals surface area contributed by atoms with E-state index in [0.717, 1.165) is 29.9 Å². The Hall–Kier alpha value is -4.66. The third kappa shape index (κ3) is 4.53. The number of hydroxylamine groups is 2. The van der Waals surface area contributed by atoms with Crippen LogP contribution < -0.4 is 4.90 Å². The number of alkyl halides is 7. The average Bonchev–Trinajstić information content (AvgIpc) is 3.50. The lowest BCUT2D eigenvalue weighted by Crippen LogP contribution is -2.53. The van der Waals surface area contributed by atoms with Gasteiger partial charge in [-0.15, -0.1) is 0 Å². The van der Waals surface area contributed by atoms with E-state index in [1.54, 1.807) is 36.1 Å². The molecule has 0 unspecified atom stereocenters. The number of rotatable bonds is 7. The third-order valence-electron chi connectivity index (χ3n) is 7.57. The number of hydrogen-bond donors (Lipinski definition) is 0. The molecule has 3 aromatic carbocycles. The van der Waals surface area contributed by atoms with Gasteiger partial charge in [0.1, 0.15) is 17.3 Å². The fourth-order valence-corrected chi connectivity index (χ4v) is 5.41. The van der Waals surface area contributed by atoms with Gasteiger partial charge in [-0.3, -0.25) is 10.1 Å². The average molecular weight is 625 g/mol. The van der Waals surface area contributed by atoms with Gasteiger partial charge in [0.15, 0.2) is 0 Å². The van der Waals surface area contributed by atoms with Crippen LogP contribution in [0.25, 0.3) is 0 Å². The molecule has 8 nitrogen and oxygen atoms in total. The maximum absolute atomic E-state index is 15.5. The van der Waals surface area contributed by atoms with Gasteiger partial charge in [-0.05, 0) is 42.3 Å². The maximum Gasteiger partial charge on any atom is 0.460 e. The number of hydrogen-bond acceptors (Lipinski definition) is 7. The Morgan fingerprint density at radius 1 is 0.955 bits per heavy atom. The number of carbonyl (C=O) groups excluding carboxylic acids is 1. The van der Waals surface area contributed by atoms with Crippen molar-refractivity contribution in [1.82, 2.24) is 5.06 Å². The summed E-state index contributed by atoms with van der Waals surface area (Å²) in [5.74, 6) is -16.6. The van der Waals surface area contributed by atoms with E-state index in [-0.39, 0.29) is 16.8 Å². The molecule has 0 amide bonds. The van der Waals surface area contributed by atoms with Crippen LogP contribution in [-0.2, 0) is 19.9 Å². The van der Waals surface area contributed by atoms with E-state index in [0.29, 0.717) is 5.69 Å². The second-order valence-electron chi connectivity index (χ2n) is 10.2. The fourth-order valence-electron chi connectivity index (χ4n) is 5.41. The number of nitro benzene ring substituents is 1. The summed E-state index contributed by atoms with van der Waals surface area (Å²) >= 11 is 0. The Morgan fingerprint density at radius 2 is 1.55 bits per heavy atom. The van der Waals surface area contributed by atoms with Crippen LogP contribution in [0.3, 0.4) is 0 Å². The van der Waals surface area contributed by atoms with Crippen LogP contribution in [0.1, 0.15) is 22.9 Å². The molecule has 44 heavy (non-hydrogen) atoms. The van der Waals surface area contributed by atoms with E-state index in [2.05, 4.69) is 0 Å². The molecule has 0 spiro atoms. The van der Waals surface area contributed by atoms with E-state index in [1.807, 2.05) is 0 Å². The zero-order valence-corrected chi connectivity index (χ0v) is 22.8. The summed E-state index contributed by atoms with van der Waals surface area (Å²) < 4.78 is 105. The van der Waals surface area contributed by atoms with Crippen molar-refractivity contribution in [2.24, 2.45) is 0 Å². The first kappa shape index (κ1) is 30.8. The van der Waals surface area contributed by atoms with Gasteiger partial charge in [0.2, 0.25) is 5.76 Å². The first-order valence-electron chi connectivity index (χ1n) is 12.8. The van der Waals surface area contributed by atoms with Crippen LogP contribution in [0.15, 0.2) is 90.2 Å². The molecular weight excluding hydrogens is 603 g/mol. The van der Waals surface area contributed by atoms with Crippen molar-refractivity contribution in [1.29, 1.82) is 0 Å². The largest absolute Gasteiger partial charge is 0.465 e. The molecule has 0 radical (unpaired) electrons. The highest BCUT2D eigenvalue weighted by Crippen LogP contribution is 2.61. The summed E-state index contributed by atoms with van der Waals surface area (Å²) in [6, 6.07) is 18.6. The number of esters is 1. The molecule has 2 aliphatic heterocycles. The summed E-state index contributed by atoms with van der Waals surface area (Å²) in [6.45, 7) is 1.31. The van der Waals surface area contributed by atoms with Gasteiger partial charge >= 0.3 is 24.0 Å². The number of nitro groups is 1. The van der Waals surface area contributed by atoms with Crippen LogP contribution in [0, 0.1) is 17.0 Å². The summed E-state index contributed by atoms with van der Waals surface area (Å²) in [5.41, 5.74) is -2.40. The standard InChI is InChI=1S/C29H22F7N3O5/c1-17-8-12-20(13-9-17)37-16-26(19-6-4-3-5-7-19)22(25(40)43-2)23(27(30,31)28(32,33)29(34,35)36)44-38(26)24(37)18-10-14-21(15-11-18)39(41)42/h3-15,24H,16H2,1-2H3/t24-,26-/m0/s1. The lowest BCUT2D eigenvalue weighted by molar-refractivity contribution is -0.384. The first-order valence-corrected chi connectivity index (χ1v) is 12.8. The molecule has 0 N–H and O–H groups in total. The van der Waals surface area contributed by atoms with Crippen LogP contribution >= 0.6 is 0 Å². The number of anilines is 1. The molecule has 1 saturated heterocycles. The minimum Gasteiger partial charge on any atom is -0.465 e. The van der Waals surface area contributed by atoms with Gasteiger partial charge < -0.3 is 14.5 Å². The number of ether oxygens (including phenoxy) is 1. The van der Waals surface area contributed by atoms with Crippen LogP contribution in [0.5, 0.6) is 0 Å². The van der Waals surface area contributed by atoms with E-state index in [1.165, 1.54) is 42.5 Å². The highest BCUT2D eigenvalue weighted by molar-refractivity contribution is 5.93. The number of halogens is 7. The molecule has 0 aliphatic carbocycles.